The number of benzene rings is 1. The molecule has 4 nitrogen and oxygen atoms in total. The van der Waals surface area contributed by atoms with Gasteiger partial charge in [0.2, 0.25) is 5.91 Å². The Balaban J connectivity index is 0. The number of nitrogens with zero attached hydrogens (tertiary/aromatic N) is 1. The molecule has 0 aliphatic heterocycles. The van der Waals surface area contributed by atoms with Crippen LogP contribution in [0.15, 0.2) is 24.3 Å². The largest absolute Gasteiger partial charge is 0.366 e. The molecule has 16 heavy (non-hydrogen) atoms. The summed E-state index contributed by atoms with van der Waals surface area (Å²) in [4.78, 5) is 10.6. The van der Waals surface area contributed by atoms with Crippen LogP contribution in [0.25, 0.3) is 0 Å². The van der Waals surface area contributed by atoms with Gasteiger partial charge in [-0.25, -0.2) is 0 Å². The molecule has 0 spiro atoms. The van der Waals surface area contributed by atoms with Crippen molar-refractivity contribution >= 4 is 5.91 Å². The summed E-state index contributed by atoms with van der Waals surface area (Å²) in [6.45, 7) is 4.25. The lowest BCUT2D eigenvalue weighted by molar-refractivity contribution is 0.100. The fraction of sp³-hybridized carbons (Fsp3) is 0.333. The van der Waals surface area contributed by atoms with Gasteiger partial charge in [0.05, 0.1) is 11.6 Å². The van der Waals surface area contributed by atoms with Crippen molar-refractivity contribution in [1.82, 2.24) is 0 Å². The van der Waals surface area contributed by atoms with E-state index in [2.05, 4.69) is 19.6 Å². The van der Waals surface area contributed by atoms with Crippen molar-refractivity contribution in [2.75, 3.05) is 7.05 Å². The Bertz CT molecular complexity index is 342. The highest BCUT2D eigenvalue weighted by Crippen LogP contribution is 2.02. The van der Waals surface area contributed by atoms with Crippen LogP contribution in [0.4, 0.5) is 0 Å². The zero-order valence-corrected chi connectivity index (χ0v) is 10.0. The fourth-order valence-electron chi connectivity index (χ4n) is 0.742. The lowest BCUT2D eigenvalue weighted by Crippen LogP contribution is -2.10. The Hall–Kier alpha value is -1.86. The maximum Gasteiger partial charge on any atom is 0.248 e. The molecule has 0 saturated carbocycles. The molecule has 0 bridgehead atoms. The number of rotatable bonds is 1. The monoisotopic (exact) mass is 221 g/mol. The quantitative estimate of drug-likeness (QED) is 0.755. The molecule has 4 N–H and O–H groups in total. The van der Waals surface area contributed by atoms with Gasteiger partial charge in [0.1, 0.15) is 0 Å². The molecule has 0 aliphatic rings. The SMILES string of the molecule is CCC.CN.N#Cc1cccc(C(N)=O)c1. The molecular formula is C12H19N3O. The van der Waals surface area contributed by atoms with Crippen molar-refractivity contribution in [2.45, 2.75) is 20.3 Å². The van der Waals surface area contributed by atoms with Crippen molar-refractivity contribution < 1.29 is 4.79 Å². The first kappa shape index (κ1) is 16.6. The van der Waals surface area contributed by atoms with Gasteiger partial charge in [-0.15, -0.1) is 0 Å². The van der Waals surface area contributed by atoms with Crippen LogP contribution in [0.3, 0.4) is 0 Å². The second kappa shape index (κ2) is 11.2. The third-order valence-corrected chi connectivity index (χ3v) is 1.28. The maximum atomic E-state index is 10.6. The molecule has 0 heterocycles. The highest BCUT2D eigenvalue weighted by Gasteiger charge is 1.99. The zero-order valence-electron chi connectivity index (χ0n) is 10.0. The summed E-state index contributed by atoms with van der Waals surface area (Å²) in [6, 6.07) is 8.19. The highest BCUT2D eigenvalue weighted by atomic mass is 16.1. The van der Waals surface area contributed by atoms with E-state index < -0.39 is 5.91 Å². The van der Waals surface area contributed by atoms with Gasteiger partial charge < -0.3 is 11.5 Å². The first-order valence-corrected chi connectivity index (χ1v) is 5.03. The first-order valence-electron chi connectivity index (χ1n) is 5.03. The van der Waals surface area contributed by atoms with E-state index in [4.69, 9.17) is 11.0 Å². The second-order valence-electron chi connectivity index (χ2n) is 2.76. The molecule has 0 aromatic heterocycles. The van der Waals surface area contributed by atoms with Crippen molar-refractivity contribution in [3.8, 4) is 6.07 Å². The van der Waals surface area contributed by atoms with Crippen LogP contribution >= 0.6 is 0 Å². The van der Waals surface area contributed by atoms with E-state index in [0.717, 1.165) is 0 Å². The summed E-state index contributed by atoms with van der Waals surface area (Å²) in [7, 11) is 1.50. The molecule has 1 aromatic carbocycles. The van der Waals surface area contributed by atoms with Crippen LogP contribution in [-0.2, 0) is 0 Å². The van der Waals surface area contributed by atoms with Gasteiger partial charge in [0.25, 0.3) is 0 Å². The zero-order chi connectivity index (χ0) is 13.0. The molecule has 1 aromatic rings. The predicted molar refractivity (Wildman–Crippen MR) is 65.8 cm³/mol. The molecule has 0 unspecified atom stereocenters. The first-order chi connectivity index (χ1) is 7.65. The molecule has 0 saturated heterocycles. The number of carbonyl (C=O) groups excluding carboxylic acids is 1. The molecule has 0 aliphatic carbocycles. The van der Waals surface area contributed by atoms with Crippen LogP contribution in [0, 0.1) is 11.3 Å². The Morgan fingerprint density at radius 1 is 1.38 bits per heavy atom. The lowest BCUT2D eigenvalue weighted by Gasteiger charge is -1.93. The van der Waals surface area contributed by atoms with Crippen LogP contribution < -0.4 is 11.5 Å². The smallest absolute Gasteiger partial charge is 0.248 e. The molecule has 88 valence electrons. The highest BCUT2D eigenvalue weighted by molar-refractivity contribution is 5.93. The van der Waals surface area contributed by atoms with E-state index in [0.29, 0.717) is 11.1 Å². The van der Waals surface area contributed by atoms with E-state index >= 15 is 0 Å². The van der Waals surface area contributed by atoms with Gasteiger partial charge in [0.15, 0.2) is 0 Å². The average Bonchev–Trinajstić information content (AvgIpc) is 2.33. The topological polar surface area (TPSA) is 92.9 Å². The average molecular weight is 221 g/mol. The second-order valence-corrected chi connectivity index (χ2v) is 2.76. The van der Waals surface area contributed by atoms with E-state index in [9.17, 15) is 4.79 Å². The number of primary amides is 1. The molecule has 0 fully saturated rings. The minimum Gasteiger partial charge on any atom is -0.366 e. The summed E-state index contributed by atoms with van der Waals surface area (Å²) in [5.41, 5.74) is 10.3. The Kier molecular flexibility index (Phi) is 11.6. The minimum atomic E-state index is -0.512. The van der Waals surface area contributed by atoms with E-state index in [1.165, 1.54) is 19.5 Å². The number of carbonyl (C=O) groups is 1. The number of nitriles is 1. The molecule has 0 radical (unpaired) electrons. The van der Waals surface area contributed by atoms with Crippen molar-refractivity contribution in [3.05, 3.63) is 35.4 Å². The Morgan fingerprint density at radius 2 is 1.88 bits per heavy atom. The Labute approximate surface area is 96.9 Å². The molecule has 4 heteroatoms. The van der Waals surface area contributed by atoms with E-state index in [-0.39, 0.29) is 0 Å². The van der Waals surface area contributed by atoms with Gasteiger partial charge in [-0.1, -0.05) is 26.3 Å². The lowest BCUT2D eigenvalue weighted by atomic mass is 10.1. The molecular weight excluding hydrogens is 202 g/mol. The summed E-state index contributed by atoms with van der Waals surface area (Å²) in [6.07, 6.45) is 1.25. The van der Waals surface area contributed by atoms with E-state index in [1.807, 2.05) is 6.07 Å². The van der Waals surface area contributed by atoms with Gasteiger partial charge >= 0.3 is 0 Å². The fourth-order valence-corrected chi connectivity index (χ4v) is 0.742. The summed E-state index contributed by atoms with van der Waals surface area (Å²) < 4.78 is 0. The molecule has 0 atom stereocenters. The maximum absolute atomic E-state index is 10.6. The minimum absolute atomic E-state index is 0.365. The van der Waals surface area contributed by atoms with Crippen LogP contribution in [0.1, 0.15) is 36.2 Å². The van der Waals surface area contributed by atoms with Gasteiger partial charge in [-0.2, -0.15) is 5.26 Å². The van der Waals surface area contributed by atoms with Crippen LogP contribution in [-0.4, -0.2) is 13.0 Å². The van der Waals surface area contributed by atoms with E-state index in [1.54, 1.807) is 18.2 Å². The number of hydrogen-bond donors (Lipinski definition) is 2. The van der Waals surface area contributed by atoms with Crippen molar-refractivity contribution in [3.63, 3.8) is 0 Å². The van der Waals surface area contributed by atoms with Crippen LogP contribution in [0.5, 0.6) is 0 Å². The number of hydrogen-bond acceptors (Lipinski definition) is 3. The molecule has 1 rings (SSSR count). The summed E-state index contributed by atoms with van der Waals surface area (Å²) in [5.74, 6) is -0.512. The summed E-state index contributed by atoms with van der Waals surface area (Å²) >= 11 is 0. The molecule has 1 amide bonds. The standard InChI is InChI=1S/C8H6N2O.C3H8.CH5N/c9-5-6-2-1-3-7(4-6)8(10)11;1-3-2;1-2/h1-4H,(H2,10,11);3H2,1-2H3;2H2,1H3. The normalized spacial score (nSPS) is 7.44. The summed E-state index contributed by atoms with van der Waals surface area (Å²) in [5, 5.41) is 8.44. The van der Waals surface area contributed by atoms with Crippen molar-refractivity contribution in [1.29, 1.82) is 5.26 Å². The number of amides is 1. The van der Waals surface area contributed by atoms with Gasteiger partial charge in [0, 0.05) is 5.56 Å². The third-order valence-electron chi connectivity index (χ3n) is 1.28. The van der Waals surface area contributed by atoms with Crippen LogP contribution in [0.2, 0.25) is 0 Å². The third kappa shape index (κ3) is 7.54. The number of nitrogens with two attached hydrogens (primary N) is 2. The van der Waals surface area contributed by atoms with Gasteiger partial charge in [-0.3, -0.25) is 4.79 Å². The van der Waals surface area contributed by atoms with Crippen molar-refractivity contribution in [2.24, 2.45) is 11.5 Å². The Morgan fingerprint density at radius 3 is 2.25 bits per heavy atom. The predicted octanol–water partition coefficient (Wildman–Crippen LogP) is 1.65. The van der Waals surface area contributed by atoms with Gasteiger partial charge in [-0.05, 0) is 25.2 Å².